The molecule has 0 atom stereocenters. The highest BCUT2D eigenvalue weighted by Crippen LogP contribution is 2.37. The number of aliphatic carboxylic acids is 1. The molecule has 0 aliphatic heterocycles. The lowest BCUT2D eigenvalue weighted by atomic mass is 9.86. The predicted octanol–water partition coefficient (Wildman–Crippen LogP) is 0.699. The van der Waals surface area contributed by atoms with E-state index in [1.54, 1.807) is 0 Å². The molecule has 1 fully saturated rings. The fourth-order valence-corrected chi connectivity index (χ4v) is 2.20. The minimum absolute atomic E-state index is 0.0637. The Bertz CT molecular complexity index is 283. The number of hydrogen-bond acceptors (Lipinski definition) is 3. The van der Waals surface area contributed by atoms with E-state index < -0.39 is 11.4 Å². The van der Waals surface area contributed by atoms with Gasteiger partial charge in [0.25, 0.3) is 0 Å². The highest BCUT2D eigenvalue weighted by atomic mass is 16.4. The van der Waals surface area contributed by atoms with E-state index in [-0.39, 0.29) is 12.5 Å². The zero-order valence-corrected chi connectivity index (χ0v) is 10.7. The normalized spacial score (nSPS) is 18.3. The molecule has 1 aliphatic rings. The molecule has 5 heteroatoms. The summed E-state index contributed by atoms with van der Waals surface area (Å²) in [5.74, 6) is -0.839. The SMILES string of the molecule is CN(C)CCC(=O)NCC1(C(=O)O)CCCC1. The third kappa shape index (κ3) is 4.00. The number of hydrogen-bond donors (Lipinski definition) is 2. The lowest BCUT2D eigenvalue weighted by Gasteiger charge is -2.24. The van der Waals surface area contributed by atoms with Gasteiger partial charge in [0.15, 0.2) is 0 Å². The largest absolute Gasteiger partial charge is 0.481 e. The Morgan fingerprint density at radius 2 is 1.88 bits per heavy atom. The summed E-state index contributed by atoms with van der Waals surface area (Å²) in [5, 5.41) is 12.0. The molecular weight excluding hydrogens is 220 g/mol. The Morgan fingerprint density at radius 1 is 1.29 bits per heavy atom. The summed E-state index contributed by atoms with van der Waals surface area (Å²) >= 11 is 0. The number of nitrogens with one attached hydrogen (secondary N) is 1. The topological polar surface area (TPSA) is 69.6 Å². The third-order valence-corrected chi connectivity index (χ3v) is 3.42. The Labute approximate surface area is 102 Å². The average Bonchev–Trinajstić information content (AvgIpc) is 2.73. The monoisotopic (exact) mass is 242 g/mol. The van der Waals surface area contributed by atoms with Crippen LogP contribution in [0.15, 0.2) is 0 Å². The van der Waals surface area contributed by atoms with Crippen molar-refractivity contribution < 1.29 is 14.7 Å². The Kier molecular flexibility index (Phi) is 4.93. The van der Waals surface area contributed by atoms with Gasteiger partial charge >= 0.3 is 5.97 Å². The van der Waals surface area contributed by atoms with Gasteiger partial charge in [-0.05, 0) is 26.9 Å². The van der Waals surface area contributed by atoms with Crippen molar-refractivity contribution in [2.45, 2.75) is 32.1 Å². The van der Waals surface area contributed by atoms with Crippen LogP contribution in [-0.2, 0) is 9.59 Å². The van der Waals surface area contributed by atoms with Crippen molar-refractivity contribution in [1.29, 1.82) is 0 Å². The quantitative estimate of drug-likeness (QED) is 0.719. The molecule has 17 heavy (non-hydrogen) atoms. The molecule has 0 radical (unpaired) electrons. The summed E-state index contributed by atoms with van der Waals surface area (Å²) < 4.78 is 0. The number of carboxylic acid groups (broad SMARTS) is 1. The summed E-state index contributed by atoms with van der Waals surface area (Å²) in [6, 6.07) is 0. The number of carbonyl (C=O) groups excluding carboxylic acids is 1. The van der Waals surface area contributed by atoms with E-state index in [1.165, 1.54) is 0 Å². The van der Waals surface area contributed by atoms with Crippen LogP contribution in [0.25, 0.3) is 0 Å². The standard InChI is InChI=1S/C12H22N2O3/c1-14(2)8-5-10(15)13-9-12(11(16)17)6-3-4-7-12/h3-9H2,1-2H3,(H,13,15)(H,16,17). The van der Waals surface area contributed by atoms with E-state index in [4.69, 9.17) is 0 Å². The van der Waals surface area contributed by atoms with Gasteiger partial charge in [0.1, 0.15) is 0 Å². The van der Waals surface area contributed by atoms with Crippen molar-refractivity contribution in [3.05, 3.63) is 0 Å². The fourth-order valence-electron chi connectivity index (χ4n) is 2.20. The minimum atomic E-state index is -0.775. The third-order valence-electron chi connectivity index (χ3n) is 3.42. The zero-order chi connectivity index (χ0) is 12.9. The lowest BCUT2D eigenvalue weighted by Crippen LogP contribution is -2.41. The summed E-state index contributed by atoms with van der Waals surface area (Å²) in [5.41, 5.74) is -0.715. The number of amides is 1. The Balaban J connectivity index is 2.37. The molecule has 0 aromatic rings. The van der Waals surface area contributed by atoms with Crippen LogP contribution < -0.4 is 5.32 Å². The fraction of sp³-hybridized carbons (Fsp3) is 0.833. The van der Waals surface area contributed by atoms with E-state index in [0.717, 1.165) is 12.8 Å². The maximum atomic E-state index is 11.5. The van der Waals surface area contributed by atoms with Crippen molar-refractivity contribution in [3.63, 3.8) is 0 Å². The van der Waals surface area contributed by atoms with Crippen molar-refractivity contribution in [1.82, 2.24) is 10.2 Å². The molecule has 0 heterocycles. The molecule has 1 amide bonds. The summed E-state index contributed by atoms with van der Waals surface area (Å²) in [7, 11) is 3.81. The van der Waals surface area contributed by atoms with E-state index in [0.29, 0.717) is 25.8 Å². The highest BCUT2D eigenvalue weighted by molar-refractivity contribution is 5.79. The van der Waals surface area contributed by atoms with Gasteiger partial charge in [-0.2, -0.15) is 0 Å². The molecule has 5 nitrogen and oxygen atoms in total. The van der Waals surface area contributed by atoms with E-state index in [9.17, 15) is 14.7 Å². The van der Waals surface area contributed by atoms with Gasteiger partial charge in [0, 0.05) is 19.5 Å². The van der Waals surface area contributed by atoms with Crippen LogP contribution in [-0.4, -0.2) is 49.1 Å². The van der Waals surface area contributed by atoms with E-state index >= 15 is 0 Å². The molecule has 0 unspecified atom stereocenters. The van der Waals surface area contributed by atoms with Crippen LogP contribution in [0, 0.1) is 5.41 Å². The Morgan fingerprint density at radius 3 is 2.35 bits per heavy atom. The molecule has 1 saturated carbocycles. The van der Waals surface area contributed by atoms with Crippen LogP contribution in [0.3, 0.4) is 0 Å². The van der Waals surface area contributed by atoms with Crippen LogP contribution in [0.2, 0.25) is 0 Å². The second-order valence-corrected chi connectivity index (χ2v) is 5.12. The average molecular weight is 242 g/mol. The van der Waals surface area contributed by atoms with Gasteiger partial charge in [-0.25, -0.2) is 0 Å². The molecule has 2 N–H and O–H groups in total. The van der Waals surface area contributed by atoms with Crippen molar-refractivity contribution in [3.8, 4) is 0 Å². The molecular formula is C12H22N2O3. The predicted molar refractivity (Wildman–Crippen MR) is 64.7 cm³/mol. The number of nitrogens with zero attached hydrogens (tertiary/aromatic N) is 1. The molecule has 0 aromatic heterocycles. The first-order chi connectivity index (χ1) is 7.96. The second-order valence-electron chi connectivity index (χ2n) is 5.12. The highest BCUT2D eigenvalue weighted by Gasteiger charge is 2.41. The summed E-state index contributed by atoms with van der Waals surface area (Å²) in [6.07, 6.45) is 3.66. The minimum Gasteiger partial charge on any atom is -0.481 e. The first-order valence-corrected chi connectivity index (χ1v) is 6.11. The van der Waals surface area contributed by atoms with Gasteiger partial charge in [-0.1, -0.05) is 12.8 Å². The van der Waals surface area contributed by atoms with E-state index in [1.807, 2.05) is 19.0 Å². The zero-order valence-electron chi connectivity index (χ0n) is 10.7. The number of rotatable bonds is 6. The molecule has 1 rings (SSSR count). The molecule has 1 aliphatic carbocycles. The lowest BCUT2D eigenvalue weighted by molar-refractivity contribution is -0.148. The molecule has 0 aromatic carbocycles. The smallest absolute Gasteiger partial charge is 0.311 e. The van der Waals surface area contributed by atoms with E-state index in [2.05, 4.69) is 5.32 Å². The second kappa shape index (κ2) is 6.00. The van der Waals surface area contributed by atoms with Gasteiger partial charge in [0.2, 0.25) is 5.91 Å². The molecule has 98 valence electrons. The van der Waals surface area contributed by atoms with Crippen LogP contribution in [0.1, 0.15) is 32.1 Å². The number of carboxylic acids is 1. The summed E-state index contributed by atoms with van der Waals surface area (Å²) in [6.45, 7) is 0.959. The van der Waals surface area contributed by atoms with Crippen molar-refractivity contribution in [2.75, 3.05) is 27.2 Å². The van der Waals surface area contributed by atoms with Crippen molar-refractivity contribution >= 4 is 11.9 Å². The van der Waals surface area contributed by atoms with Gasteiger partial charge in [0.05, 0.1) is 5.41 Å². The Hall–Kier alpha value is -1.10. The van der Waals surface area contributed by atoms with Crippen molar-refractivity contribution in [2.24, 2.45) is 5.41 Å². The van der Waals surface area contributed by atoms with Gasteiger partial charge in [-0.3, -0.25) is 9.59 Å². The van der Waals surface area contributed by atoms with Crippen LogP contribution in [0.5, 0.6) is 0 Å². The number of carbonyl (C=O) groups is 2. The summed E-state index contributed by atoms with van der Waals surface area (Å²) in [4.78, 5) is 24.7. The molecule has 0 spiro atoms. The van der Waals surface area contributed by atoms with Gasteiger partial charge in [-0.15, -0.1) is 0 Å². The van der Waals surface area contributed by atoms with Crippen LogP contribution >= 0.6 is 0 Å². The molecule has 0 bridgehead atoms. The first kappa shape index (κ1) is 14.0. The maximum absolute atomic E-state index is 11.5. The first-order valence-electron chi connectivity index (χ1n) is 6.11. The van der Waals surface area contributed by atoms with Crippen LogP contribution in [0.4, 0.5) is 0 Å². The van der Waals surface area contributed by atoms with Gasteiger partial charge < -0.3 is 15.3 Å². The maximum Gasteiger partial charge on any atom is 0.311 e. The molecule has 0 saturated heterocycles.